The number of nitrogen functional groups attached to an aromatic ring is 1. The Kier molecular flexibility index (Phi) is 8.23. The van der Waals surface area contributed by atoms with Crippen LogP contribution in [0, 0.1) is 0 Å². The van der Waals surface area contributed by atoms with Crippen LogP contribution in [0.25, 0.3) is 0 Å². The second kappa shape index (κ2) is 12.1. The van der Waals surface area contributed by atoms with E-state index in [9.17, 15) is 14.4 Å². The topological polar surface area (TPSA) is 126 Å². The molecule has 1 heterocycles. The number of benzene rings is 3. The van der Waals surface area contributed by atoms with Crippen molar-refractivity contribution in [1.29, 1.82) is 0 Å². The summed E-state index contributed by atoms with van der Waals surface area (Å²) < 4.78 is 0. The van der Waals surface area contributed by atoms with Crippen LogP contribution in [-0.2, 0) is 17.8 Å². The summed E-state index contributed by atoms with van der Waals surface area (Å²) in [6.07, 6.45) is 3.37. The first-order valence-electron chi connectivity index (χ1n) is 11.8. The Labute approximate surface area is 214 Å². The van der Waals surface area contributed by atoms with Gasteiger partial charge in [0, 0.05) is 30.9 Å². The molecular formula is C29H27N5O3. The van der Waals surface area contributed by atoms with Crippen LogP contribution in [0.3, 0.4) is 0 Å². The van der Waals surface area contributed by atoms with Gasteiger partial charge in [-0.25, -0.2) is 0 Å². The monoisotopic (exact) mass is 493 g/mol. The van der Waals surface area contributed by atoms with E-state index < -0.39 is 6.04 Å². The summed E-state index contributed by atoms with van der Waals surface area (Å²) in [5, 5.41) is 8.49. The highest BCUT2D eigenvalue weighted by molar-refractivity contribution is 6.05. The van der Waals surface area contributed by atoms with Crippen molar-refractivity contribution in [3.05, 3.63) is 126 Å². The zero-order valence-electron chi connectivity index (χ0n) is 20.1. The molecule has 1 unspecified atom stereocenters. The first-order valence-corrected chi connectivity index (χ1v) is 11.8. The van der Waals surface area contributed by atoms with Crippen LogP contribution in [0.2, 0.25) is 0 Å². The maximum absolute atomic E-state index is 13.1. The van der Waals surface area contributed by atoms with Crippen LogP contribution in [0.4, 0.5) is 11.4 Å². The molecule has 0 fully saturated rings. The molecule has 0 aliphatic rings. The minimum Gasteiger partial charge on any atom is -0.397 e. The second-order valence-electron chi connectivity index (χ2n) is 8.41. The lowest BCUT2D eigenvalue weighted by Crippen LogP contribution is -2.47. The Morgan fingerprint density at radius 2 is 1.49 bits per heavy atom. The van der Waals surface area contributed by atoms with Gasteiger partial charge in [-0.2, -0.15) is 0 Å². The summed E-state index contributed by atoms with van der Waals surface area (Å²) in [6.45, 7) is 0.237. The first-order chi connectivity index (χ1) is 18.0. The second-order valence-corrected chi connectivity index (χ2v) is 8.41. The van der Waals surface area contributed by atoms with Gasteiger partial charge in [-0.1, -0.05) is 54.6 Å². The standard InChI is InChI=1S/C29H27N5O3/c30-24-10-4-5-11-25(24)33-27(35)22-14-12-21(13-15-22)18-32-29(37)26(17-20-7-2-1-3-8-20)34-28(36)23-9-6-16-31-19-23/h1-16,19,26H,17-18,30H2,(H,32,37)(H,33,35)(H,34,36). The minimum absolute atomic E-state index is 0.237. The summed E-state index contributed by atoms with van der Waals surface area (Å²) in [7, 11) is 0. The van der Waals surface area contributed by atoms with E-state index in [-0.39, 0.29) is 24.3 Å². The Bertz CT molecular complexity index is 1360. The van der Waals surface area contributed by atoms with E-state index in [4.69, 9.17) is 5.73 Å². The predicted octanol–water partition coefficient (Wildman–Crippen LogP) is 3.57. The molecule has 4 aromatic rings. The smallest absolute Gasteiger partial charge is 0.255 e. The van der Waals surface area contributed by atoms with Crippen molar-refractivity contribution in [3.63, 3.8) is 0 Å². The van der Waals surface area contributed by atoms with E-state index in [2.05, 4.69) is 20.9 Å². The fraction of sp³-hybridized carbons (Fsp3) is 0.103. The summed E-state index contributed by atoms with van der Waals surface area (Å²) in [4.78, 5) is 42.3. The van der Waals surface area contributed by atoms with Crippen LogP contribution in [0.1, 0.15) is 31.8 Å². The molecule has 8 heteroatoms. The van der Waals surface area contributed by atoms with Crippen molar-refractivity contribution < 1.29 is 14.4 Å². The van der Waals surface area contributed by atoms with Gasteiger partial charge < -0.3 is 21.7 Å². The molecule has 0 spiro atoms. The van der Waals surface area contributed by atoms with Crippen molar-refractivity contribution in [2.45, 2.75) is 19.0 Å². The Morgan fingerprint density at radius 1 is 0.757 bits per heavy atom. The normalized spacial score (nSPS) is 11.2. The number of para-hydroxylation sites is 2. The predicted molar refractivity (Wildman–Crippen MR) is 143 cm³/mol. The lowest BCUT2D eigenvalue weighted by atomic mass is 10.0. The molecule has 1 aromatic heterocycles. The van der Waals surface area contributed by atoms with Crippen LogP contribution in [-0.4, -0.2) is 28.7 Å². The van der Waals surface area contributed by atoms with Gasteiger partial charge in [-0.3, -0.25) is 19.4 Å². The summed E-state index contributed by atoms with van der Waals surface area (Å²) in [5.74, 6) is -0.976. The molecule has 5 N–H and O–H groups in total. The van der Waals surface area contributed by atoms with Crippen LogP contribution in [0.5, 0.6) is 0 Å². The van der Waals surface area contributed by atoms with E-state index in [1.54, 1.807) is 66.9 Å². The molecule has 8 nitrogen and oxygen atoms in total. The van der Waals surface area contributed by atoms with E-state index >= 15 is 0 Å². The molecule has 37 heavy (non-hydrogen) atoms. The zero-order chi connectivity index (χ0) is 26.0. The van der Waals surface area contributed by atoms with Gasteiger partial charge in [0.2, 0.25) is 5.91 Å². The van der Waals surface area contributed by atoms with Crippen molar-refractivity contribution in [3.8, 4) is 0 Å². The summed E-state index contributed by atoms with van der Waals surface area (Å²) >= 11 is 0. The third-order valence-electron chi connectivity index (χ3n) is 5.72. The third kappa shape index (κ3) is 7.02. The summed E-state index contributed by atoms with van der Waals surface area (Å²) in [6, 6.07) is 25.9. The lowest BCUT2D eigenvalue weighted by Gasteiger charge is -2.19. The number of amides is 3. The van der Waals surface area contributed by atoms with Gasteiger partial charge in [0.15, 0.2) is 0 Å². The molecule has 3 aromatic carbocycles. The number of anilines is 2. The molecule has 186 valence electrons. The number of pyridine rings is 1. The number of nitrogens with zero attached hydrogens (tertiary/aromatic N) is 1. The average Bonchev–Trinajstić information content (AvgIpc) is 2.94. The number of hydrogen-bond donors (Lipinski definition) is 4. The highest BCUT2D eigenvalue weighted by atomic mass is 16.2. The van der Waals surface area contributed by atoms with Crippen LogP contribution >= 0.6 is 0 Å². The number of rotatable bonds is 9. The van der Waals surface area contributed by atoms with E-state index in [1.165, 1.54) is 6.20 Å². The van der Waals surface area contributed by atoms with Gasteiger partial charge >= 0.3 is 0 Å². The van der Waals surface area contributed by atoms with E-state index in [0.29, 0.717) is 28.9 Å². The molecule has 3 amide bonds. The average molecular weight is 494 g/mol. The molecule has 0 saturated carbocycles. The van der Waals surface area contributed by atoms with E-state index in [0.717, 1.165) is 11.1 Å². The molecule has 0 aliphatic heterocycles. The quantitative estimate of drug-likeness (QED) is 0.265. The van der Waals surface area contributed by atoms with Crippen LogP contribution < -0.4 is 21.7 Å². The number of nitrogens with one attached hydrogen (secondary N) is 3. The number of carbonyl (C=O) groups excluding carboxylic acids is 3. The highest BCUT2D eigenvalue weighted by Gasteiger charge is 2.22. The Morgan fingerprint density at radius 3 is 2.19 bits per heavy atom. The third-order valence-corrected chi connectivity index (χ3v) is 5.72. The van der Waals surface area contributed by atoms with Gasteiger partial charge in [-0.05, 0) is 47.5 Å². The SMILES string of the molecule is Nc1ccccc1NC(=O)c1ccc(CNC(=O)C(Cc2ccccc2)NC(=O)c2cccnc2)cc1. The summed E-state index contributed by atoms with van der Waals surface area (Å²) in [5.41, 5.74) is 9.48. The van der Waals surface area contributed by atoms with Crippen molar-refractivity contribution in [1.82, 2.24) is 15.6 Å². The Hall–Kier alpha value is -4.98. The van der Waals surface area contributed by atoms with Gasteiger partial charge in [0.1, 0.15) is 6.04 Å². The lowest BCUT2D eigenvalue weighted by molar-refractivity contribution is -0.123. The van der Waals surface area contributed by atoms with Gasteiger partial charge in [-0.15, -0.1) is 0 Å². The van der Waals surface area contributed by atoms with Crippen molar-refractivity contribution >= 4 is 29.1 Å². The number of carbonyl (C=O) groups is 3. The molecule has 0 saturated heterocycles. The highest BCUT2D eigenvalue weighted by Crippen LogP contribution is 2.18. The molecule has 4 rings (SSSR count). The minimum atomic E-state index is -0.781. The van der Waals surface area contributed by atoms with Crippen molar-refractivity contribution in [2.24, 2.45) is 0 Å². The van der Waals surface area contributed by atoms with Crippen molar-refractivity contribution in [2.75, 3.05) is 11.1 Å². The molecule has 1 atom stereocenters. The maximum Gasteiger partial charge on any atom is 0.255 e. The van der Waals surface area contributed by atoms with E-state index in [1.807, 2.05) is 30.3 Å². The number of aromatic nitrogens is 1. The largest absolute Gasteiger partial charge is 0.397 e. The fourth-order valence-electron chi connectivity index (χ4n) is 3.69. The fourth-order valence-corrected chi connectivity index (χ4v) is 3.69. The first kappa shape index (κ1) is 25.1. The molecular weight excluding hydrogens is 466 g/mol. The van der Waals surface area contributed by atoms with Gasteiger partial charge in [0.05, 0.1) is 16.9 Å². The molecule has 0 bridgehead atoms. The number of nitrogens with two attached hydrogens (primary N) is 1. The maximum atomic E-state index is 13.1. The molecule has 0 radical (unpaired) electrons. The Balaban J connectivity index is 1.38. The van der Waals surface area contributed by atoms with Crippen LogP contribution in [0.15, 0.2) is 103 Å². The number of hydrogen-bond acceptors (Lipinski definition) is 5. The van der Waals surface area contributed by atoms with Gasteiger partial charge in [0.25, 0.3) is 11.8 Å². The zero-order valence-corrected chi connectivity index (χ0v) is 20.1. The molecule has 0 aliphatic carbocycles.